The third-order valence-electron chi connectivity index (χ3n) is 2.91. The Hall–Kier alpha value is -0.410. The summed E-state index contributed by atoms with van der Waals surface area (Å²) in [6.07, 6.45) is 8.42. The monoisotopic (exact) mass is 298 g/mol. The van der Waals surface area contributed by atoms with Gasteiger partial charge in [0.25, 0.3) is 0 Å². The average Bonchev–Trinajstić information content (AvgIpc) is 2.57. The van der Waals surface area contributed by atoms with Crippen LogP contribution in [0.3, 0.4) is 0 Å². The number of carbonyl (C=O) groups is 1. The van der Waals surface area contributed by atoms with Gasteiger partial charge in [0.2, 0.25) is 0 Å². The molecule has 1 aromatic rings. The van der Waals surface area contributed by atoms with Gasteiger partial charge >= 0.3 is 0 Å². The second kappa shape index (κ2) is 5.78. The molecule has 1 heterocycles. The topological polar surface area (TPSA) is 17.1 Å². The summed E-state index contributed by atoms with van der Waals surface area (Å²) in [5.74, 6) is 0.310. The molecule has 0 aromatic carbocycles. The number of hydrogen-bond donors (Lipinski definition) is 0. The average molecular weight is 299 g/mol. The molecule has 86 valence electrons. The van der Waals surface area contributed by atoms with Gasteiger partial charge in [-0.25, -0.2) is 0 Å². The van der Waals surface area contributed by atoms with E-state index in [1.165, 1.54) is 19.3 Å². The zero-order valence-corrected chi connectivity index (χ0v) is 11.6. The van der Waals surface area contributed by atoms with Crippen molar-refractivity contribution in [3.05, 3.63) is 32.4 Å². The maximum absolute atomic E-state index is 12.1. The van der Waals surface area contributed by atoms with E-state index in [4.69, 9.17) is 0 Å². The molecule has 1 nitrogen and oxygen atoms in total. The first-order valence-corrected chi connectivity index (χ1v) is 7.39. The molecule has 16 heavy (non-hydrogen) atoms. The van der Waals surface area contributed by atoms with Crippen molar-refractivity contribution in [1.29, 1.82) is 0 Å². The molecule has 0 unspecified atom stereocenters. The molecule has 3 heteroatoms. The van der Waals surface area contributed by atoms with Crippen molar-refractivity contribution in [2.75, 3.05) is 0 Å². The van der Waals surface area contributed by atoms with E-state index in [0.29, 0.717) is 12.2 Å². The molecule has 0 atom stereocenters. The van der Waals surface area contributed by atoms with Crippen LogP contribution in [0.2, 0.25) is 0 Å². The van der Waals surface area contributed by atoms with E-state index in [2.05, 4.69) is 22.0 Å². The summed E-state index contributed by atoms with van der Waals surface area (Å²) in [5, 5.41) is 2.02. The predicted octanol–water partition coefficient (Wildman–Crippen LogP) is 4.51. The quantitative estimate of drug-likeness (QED) is 0.802. The fraction of sp³-hybridized carbons (Fsp3) is 0.462. The van der Waals surface area contributed by atoms with Gasteiger partial charge in [0, 0.05) is 15.8 Å². The fourth-order valence-corrected chi connectivity index (χ4v) is 3.47. The number of Topliss-reactive ketones (excluding diaryl/α,β-unsaturated/α-hetero) is 1. The highest BCUT2D eigenvalue weighted by molar-refractivity contribution is 9.10. The molecule has 0 spiro atoms. The van der Waals surface area contributed by atoms with Gasteiger partial charge in [-0.15, -0.1) is 11.3 Å². The van der Waals surface area contributed by atoms with E-state index >= 15 is 0 Å². The predicted molar refractivity (Wildman–Crippen MR) is 71.9 cm³/mol. The molecule has 0 saturated heterocycles. The van der Waals surface area contributed by atoms with Gasteiger partial charge in [-0.1, -0.05) is 12.5 Å². The highest BCUT2D eigenvalue weighted by Crippen LogP contribution is 2.26. The largest absolute Gasteiger partial charge is 0.294 e. The van der Waals surface area contributed by atoms with Crippen molar-refractivity contribution >= 4 is 33.0 Å². The summed E-state index contributed by atoms with van der Waals surface area (Å²) >= 11 is 5.13. The van der Waals surface area contributed by atoms with Crippen LogP contribution in [0.4, 0.5) is 0 Å². The smallest absolute Gasteiger partial charge is 0.163 e. The van der Waals surface area contributed by atoms with E-state index < -0.39 is 0 Å². The molecule has 1 aliphatic rings. The van der Waals surface area contributed by atoms with Crippen LogP contribution in [0.25, 0.3) is 0 Å². The number of ketones is 1. The van der Waals surface area contributed by atoms with Gasteiger partial charge in [0.15, 0.2) is 5.78 Å². The molecule has 0 amide bonds. The van der Waals surface area contributed by atoms with Crippen molar-refractivity contribution in [1.82, 2.24) is 0 Å². The van der Waals surface area contributed by atoms with Crippen molar-refractivity contribution in [3.8, 4) is 0 Å². The minimum atomic E-state index is 0.310. The van der Waals surface area contributed by atoms with Crippen LogP contribution in [0.15, 0.2) is 27.6 Å². The van der Waals surface area contributed by atoms with Crippen LogP contribution in [0, 0.1) is 0 Å². The summed E-state index contributed by atoms with van der Waals surface area (Å²) in [6, 6.07) is 2.01. The fourth-order valence-electron chi connectivity index (χ4n) is 1.98. The number of hydrogen-bond acceptors (Lipinski definition) is 2. The van der Waals surface area contributed by atoms with Crippen molar-refractivity contribution in [2.24, 2.45) is 0 Å². The Morgan fingerprint density at radius 3 is 3.00 bits per heavy atom. The molecule has 0 N–H and O–H groups in total. The van der Waals surface area contributed by atoms with E-state index in [-0.39, 0.29) is 0 Å². The van der Waals surface area contributed by atoms with E-state index in [1.807, 2.05) is 11.4 Å². The lowest BCUT2D eigenvalue weighted by Crippen LogP contribution is -2.05. The molecule has 1 aliphatic carbocycles. The summed E-state index contributed by atoms with van der Waals surface area (Å²) in [6.45, 7) is 0. The first kappa shape index (κ1) is 12.1. The summed E-state index contributed by atoms with van der Waals surface area (Å²) in [4.78, 5) is 13.2. The first-order valence-electron chi connectivity index (χ1n) is 5.71. The molecule has 1 aromatic heterocycles. The maximum Gasteiger partial charge on any atom is 0.163 e. The summed E-state index contributed by atoms with van der Waals surface area (Å²) in [5.41, 5.74) is 1.05. The lowest BCUT2D eigenvalue weighted by molar-refractivity contribution is -0.115. The van der Waals surface area contributed by atoms with Gasteiger partial charge in [-0.05, 0) is 58.6 Å². The van der Waals surface area contributed by atoms with E-state index in [1.54, 1.807) is 11.3 Å². The molecule has 0 saturated carbocycles. The Balaban J connectivity index is 2.02. The van der Waals surface area contributed by atoms with Crippen molar-refractivity contribution in [2.45, 2.75) is 38.5 Å². The van der Waals surface area contributed by atoms with Crippen LogP contribution < -0.4 is 0 Å². The third kappa shape index (κ3) is 3.05. The molecular formula is C13H15BrOS. The molecule has 0 bridgehead atoms. The third-order valence-corrected chi connectivity index (χ3v) is 4.84. The number of thiophene rings is 1. The Kier molecular flexibility index (Phi) is 4.36. The molecule has 0 fully saturated rings. The minimum absolute atomic E-state index is 0.310. The van der Waals surface area contributed by atoms with Crippen LogP contribution in [-0.2, 0) is 11.2 Å². The normalized spacial score (nSPS) is 16.7. The zero-order valence-electron chi connectivity index (χ0n) is 9.17. The summed E-state index contributed by atoms with van der Waals surface area (Å²) in [7, 11) is 0. The number of carbonyl (C=O) groups excluding carboxylic acids is 1. The van der Waals surface area contributed by atoms with Crippen LogP contribution >= 0.6 is 27.3 Å². The van der Waals surface area contributed by atoms with Crippen LogP contribution in [0.5, 0.6) is 0 Å². The van der Waals surface area contributed by atoms with E-state index in [9.17, 15) is 4.79 Å². The van der Waals surface area contributed by atoms with E-state index in [0.717, 1.165) is 27.8 Å². The van der Waals surface area contributed by atoms with Gasteiger partial charge in [0.1, 0.15) is 0 Å². The lowest BCUT2D eigenvalue weighted by Gasteiger charge is -2.03. The minimum Gasteiger partial charge on any atom is -0.294 e. The van der Waals surface area contributed by atoms with Crippen molar-refractivity contribution in [3.63, 3.8) is 0 Å². The highest BCUT2D eigenvalue weighted by atomic mass is 79.9. The Labute approximate surface area is 109 Å². The molecule has 2 rings (SSSR count). The second-order valence-corrected chi connectivity index (χ2v) is 5.98. The first-order chi connectivity index (χ1) is 7.77. The number of allylic oxidation sites excluding steroid dienone is 2. The molecular weight excluding hydrogens is 284 g/mol. The Bertz CT molecular complexity index is 406. The molecule has 0 aliphatic heterocycles. The van der Waals surface area contributed by atoms with Gasteiger partial charge in [-0.3, -0.25) is 4.79 Å². The van der Waals surface area contributed by atoms with Crippen LogP contribution in [0.1, 0.15) is 37.0 Å². The maximum atomic E-state index is 12.1. The van der Waals surface area contributed by atoms with Gasteiger partial charge in [0.05, 0.1) is 0 Å². The van der Waals surface area contributed by atoms with Gasteiger partial charge in [-0.2, -0.15) is 0 Å². The number of halogens is 1. The summed E-state index contributed by atoms with van der Waals surface area (Å²) < 4.78 is 1.07. The van der Waals surface area contributed by atoms with Gasteiger partial charge < -0.3 is 0 Å². The standard InChI is InChI=1S/C13H15BrOS/c14-11-7-8-16-13(11)9-12(15)10-5-3-1-2-4-6-10/h5,7-8H,1-4,6,9H2. The zero-order chi connectivity index (χ0) is 11.4. The molecule has 0 radical (unpaired) electrons. The Morgan fingerprint density at radius 2 is 2.25 bits per heavy atom. The second-order valence-electron chi connectivity index (χ2n) is 4.12. The Morgan fingerprint density at radius 1 is 1.38 bits per heavy atom. The number of rotatable bonds is 3. The highest BCUT2D eigenvalue weighted by Gasteiger charge is 2.14. The SMILES string of the molecule is O=C(Cc1sccc1Br)C1=CCCCCC1. The van der Waals surface area contributed by atoms with Crippen LogP contribution in [-0.4, -0.2) is 5.78 Å². The lowest BCUT2D eigenvalue weighted by atomic mass is 10.0. The van der Waals surface area contributed by atoms with Crippen molar-refractivity contribution < 1.29 is 4.79 Å².